The number of nitrogens with one attached hydrogen (secondary N) is 1. The fourth-order valence-electron chi connectivity index (χ4n) is 3.10. The predicted octanol–water partition coefficient (Wildman–Crippen LogP) is 4.79. The molecule has 0 aliphatic rings. The Morgan fingerprint density at radius 2 is 1.73 bits per heavy atom. The van der Waals surface area contributed by atoms with Crippen LogP contribution in [0, 0.1) is 0 Å². The van der Waals surface area contributed by atoms with Gasteiger partial charge in [-0.2, -0.15) is 0 Å². The third kappa shape index (κ3) is 6.49. The molecule has 2 amide bonds. The first-order valence-electron chi connectivity index (χ1n) is 10.4. The van der Waals surface area contributed by atoms with Crippen molar-refractivity contribution >= 4 is 23.4 Å². The molecule has 0 saturated carbocycles. The quantitative estimate of drug-likeness (QED) is 0.589. The first kappa shape index (κ1) is 23.7. The summed E-state index contributed by atoms with van der Waals surface area (Å²) < 4.78 is 5.86. The second kappa shape index (κ2) is 11.6. The largest absolute Gasteiger partial charge is 0.483 e. The van der Waals surface area contributed by atoms with E-state index in [-0.39, 0.29) is 30.9 Å². The van der Waals surface area contributed by atoms with Gasteiger partial charge < -0.3 is 15.0 Å². The minimum atomic E-state index is -0.649. The molecule has 162 valence electrons. The van der Waals surface area contributed by atoms with E-state index in [1.807, 2.05) is 49.4 Å². The minimum absolute atomic E-state index is 0.153. The number of halogens is 1. The maximum atomic E-state index is 13.1. The average Bonchev–Trinajstić information content (AvgIpc) is 2.74. The number of rotatable bonds is 10. The number of amides is 2. The van der Waals surface area contributed by atoms with Crippen LogP contribution in [-0.2, 0) is 16.1 Å². The van der Waals surface area contributed by atoms with Gasteiger partial charge in [-0.05, 0) is 42.5 Å². The summed E-state index contributed by atoms with van der Waals surface area (Å²) in [5.41, 5.74) is 1.82. The monoisotopic (exact) mass is 430 g/mol. The standard InChI is InChI=1S/C24H31ClN2O3/c1-5-14-26-24(29)18(4)27(15-19-10-6-8-12-21(19)25)23(28)16-30-22-13-9-7-11-20(22)17(2)3/h6-13,17-18H,5,14-16H2,1-4H3,(H,26,29)/t18-/m1/s1. The summed E-state index contributed by atoms with van der Waals surface area (Å²) in [4.78, 5) is 27.2. The highest BCUT2D eigenvalue weighted by atomic mass is 35.5. The highest BCUT2D eigenvalue weighted by Crippen LogP contribution is 2.26. The Morgan fingerprint density at radius 1 is 1.07 bits per heavy atom. The molecule has 0 bridgehead atoms. The van der Waals surface area contributed by atoms with Crippen LogP contribution in [-0.4, -0.2) is 35.9 Å². The second-order valence-corrected chi connectivity index (χ2v) is 7.97. The van der Waals surface area contributed by atoms with Gasteiger partial charge in [0.1, 0.15) is 11.8 Å². The predicted molar refractivity (Wildman–Crippen MR) is 121 cm³/mol. The molecule has 0 aliphatic heterocycles. The molecule has 0 heterocycles. The third-order valence-electron chi connectivity index (χ3n) is 4.91. The summed E-state index contributed by atoms with van der Waals surface area (Å²) in [6, 6.07) is 14.4. The second-order valence-electron chi connectivity index (χ2n) is 7.56. The molecule has 2 aromatic rings. The lowest BCUT2D eigenvalue weighted by atomic mass is 10.0. The van der Waals surface area contributed by atoms with Crippen molar-refractivity contribution in [2.45, 2.75) is 52.6 Å². The van der Waals surface area contributed by atoms with E-state index in [1.165, 1.54) is 4.90 Å². The van der Waals surface area contributed by atoms with Crippen LogP contribution >= 0.6 is 11.6 Å². The summed E-state index contributed by atoms with van der Waals surface area (Å²) in [5.74, 6) is 0.489. The van der Waals surface area contributed by atoms with Gasteiger partial charge in [0.05, 0.1) is 0 Å². The fraction of sp³-hybridized carbons (Fsp3) is 0.417. The van der Waals surface area contributed by atoms with Crippen molar-refractivity contribution in [3.63, 3.8) is 0 Å². The lowest BCUT2D eigenvalue weighted by Gasteiger charge is -2.29. The number of carbonyl (C=O) groups is 2. The molecule has 6 heteroatoms. The molecule has 1 N–H and O–H groups in total. The molecule has 30 heavy (non-hydrogen) atoms. The number of nitrogens with zero attached hydrogens (tertiary/aromatic N) is 1. The van der Waals surface area contributed by atoms with Crippen molar-refractivity contribution in [2.24, 2.45) is 0 Å². The van der Waals surface area contributed by atoms with Crippen molar-refractivity contribution in [1.82, 2.24) is 10.2 Å². The number of hydrogen-bond acceptors (Lipinski definition) is 3. The number of carbonyl (C=O) groups excluding carboxylic acids is 2. The van der Waals surface area contributed by atoms with Crippen molar-refractivity contribution in [1.29, 1.82) is 0 Å². The van der Waals surface area contributed by atoms with Crippen LogP contribution in [0.25, 0.3) is 0 Å². The van der Waals surface area contributed by atoms with E-state index in [2.05, 4.69) is 19.2 Å². The molecule has 0 spiro atoms. The fourth-order valence-corrected chi connectivity index (χ4v) is 3.30. The highest BCUT2D eigenvalue weighted by molar-refractivity contribution is 6.31. The van der Waals surface area contributed by atoms with E-state index >= 15 is 0 Å². The minimum Gasteiger partial charge on any atom is -0.483 e. The SMILES string of the molecule is CCCNC(=O)[C@@H](C)N(Cc1ccccc1Cl)C(=O)COc1ccccc1C(C)C. The van der Waals surface area contributed by atoms with Gasteiger partial charge >= 0.3 is 0 Å². The zero-order valence-corrected chi connectivity index (χ0v) is 18.9. The van der Waals surface area contributed by atoms with Crippen LogP contribution in [0.1, 0.15) is 51.2 Å². The zero-order chi connectivity index (χ0) is 22.1. The molecule has 0 fully saturated rings. The van der Waals surface area contributed by atoms with E-state index in [0.717, 1.165) is 17.5 Å². The van der Waals surface area contributed by atoms with E-state index in [0.29, 0.717) is 17.3 Å². The number of ether oxygens (including phenoxy) is 1. The Bertz CT molecular complexity index is 854. The van der Waals surface area contributed by atoms with E-state index < -0.39 is 6.04 Å². The maximum Gasteiger partial charge on any atom is 0.261 e. The molecule has 5 nitrogen and oxygen atoms in total. The lowest BCUT2D eigenvalue weighted by Crippen LogP contribution is -2.49. The van der Waals surface area contributed by atoms with Crippen molar-refractivity contribution in [2.75, 3.05) is 13.2 Å². The first-order chi connectivity index (χ1) is 14.3. The topological polar surface area (TPSA) is 58.6 Å². The summed E-state index contributed by atoms with van der Waals surface area (Å²) in [6.07, 6.45) is 0.825. The number of para-hydroxylation sites is 1. The Morgan fingerprint density at radius 3 is 2.40 bits per heavy atom. The normalized spacial score (nSPS) is 11.8. The van der Waals surface area contributed by atoms with Gasteiger partial charge in [-0.15, -0.1) is 0 Å². The molecule has 0 radical (unpaired) electrons. The van der Waals surface area contributed by atoms with E-state index in [9.17, 15) is 9.59 Å². The Labute approximate surface area is 184 Å². The van der Waals surface area contributed by atoms with Crippen LogP contribution in [0.3, 0.4) is 0 Å². The molecule has 0 unspecified atom stereocenters. The van der Waals surface area contributed by atoms with E-state index in [1.54, 1.807) is 13.0 Å². The van der Waals surface area contributed by atoms with Crippen molar-refractivity contribution in [3.8, 4) is 5.75 Å². The summed E-state index contributed by atoms with van der Waals surface area (Å²) in [5, 5.41) is 3.42. The molecular formula is C24H31ClN2O3. The van der Waals surface area contributed by atoms with Crippen LogP contribution in [0.4, 0.5) is 0 Å². The smallest absolute Gasteiger partial charge is 0.261 e. The maximum absolute atomic E-state index is 13.1. The highest BCUT2D eigenvalue weighted by Gasteiger charge is 2.27. The molecule has 1 atom stereocenters. The van der Waals surface area contributed by atoms with Crippen LogP contribution < -0.4 is 10.1 Å². The summed E-state index contributed by atoms with van der Waals surface area (Å²) >= 11 is 6.30. The Kier molecular flexibility index (Phi) is 9.18. The molecule has 0 saturated heterocycles. The first-order valence-corrected chi connectivity index (χ1v) is 10.7. The van der Waals surface area contributed by atoms with Crippen LogP contribution in [0.2, 0.25) is 5.02 Å². The van der Waals surface area contributed by atoms with Crippen molar-refractivity contribution in [3.05, 3.63) is 64.7 Å². The average molecular weight is 431 g/mol. The van der Waals surface area contributed by atoms with Gasteiger partial charge in [0.25, 0.3) is 5.91 Å². The lowest BCUT2D eigenvalue weighted by molar-refractivity contribution is -0.142. The molecule has 2 rings (SSSR count). The van der Waals surface area contributed by atoms with E-state index in [4.69, 9.17) is 16.3 Å². The molecule has 2 aromatic carbocycles. The van der Waals surface area contributed by atoms with Gasteiger partial charge in [0, 0.05) is 18.1 Å². The van der Waals surface area contributed by atoms with Crippen LogP contribution in [0.15, 0.2) is 48.5 Å². The molecular weight excluding hydrogens is 400 g/mol. The Balaban J connectivity index is 2.19. The number of benzene rings is 2. The Hall–Kier alpha value is -2.53. The zero-order valence-electron chi connectivity index (χ0n) is 18.2. The van der Waals surface area contributed by atoms with Gasteiger partial charge in [0.15, 0.2) is 6.61 Å². The summed E-state index contributed by atoms with van der Waals surface area (Å²) in [7, 11) is 0. The van der Waals surface area contributed by atoms with Gasteiger partial charge in [-0.25, -0.2) is 0 Å². The van der Waals surface area contributed by atoms with Crippen LogP contribution in [0.5, 0.6) is 5.75 Å². The third-order valence-corrected chi connectivity index (χ3v) is 5.28. The van der Waals surface area contributed by atoms with Gasteiger partial charge in [-0.3, -0.25) is 9.59 Å². The van der Waals surface area contributed by atoms with Crippen molar-refractivity contribution < 1.29 is 14.3 Å². The van der Waals surface area contributed by atoms with Gasteiger partial charge in [0.2, 0.25) is 5.91 Å². The molecule has 0 aromatic heterocycles. The molecule has 0 aliphatic carbocycles. The number of hydrogen-bond donors (Lipinski definition) is 1. The summed E-state index contributed by atoms with van der Waals surface area (Å²) in [6.45, 7) is 8.50. The van der Waals surface area contributed by atoms with Gasteiger partial charge in [-0.1, -0.05) is 68.8 Å².